The van der Waals surface area contributed by atoms with Gasteiger partial charge < -0.3 is 9.73 Å². The number of carbonyl (C=O) groups excluding carboxylic acids is 1. The third-order valence-electron chi connectivity index (χ3n) is 3.95. The number of hydrogen-bond donors (Lipinski definition) is 1. The van der Waals surface area contributed by atoms with Crippen molar-refractivity contribution in [3.63, 3.8) is 0 Å². The zero-order valence-corrected chi connectivity index (χ0v) is 15.1. The number of thiophene rings is 1. The summed E-state index contributed by atoms with van der Waals surface area (Å²) < 4.78 is 7.43. The molecule has 1 N–H and O–H groups in total. The van der Waals surface area contributed by atoms with E-state index in [1.807, 2.05) is 43.0 Å². The van der Waals surface area contributed by atoms with Crippen LogP contribution in [0.5, 0.6) is 0 Å². The summed E-state index contributed by atoms with van der Waals surface area (Å²) in [5, 5.41) is 9.66. The van der Waals surface area contributed by atoms with Gasteiger partial charge in [-0.25, -0.2) is 0 Å². The molecule has 0 saturated carbocycles. The summed E-state index contributed by atoms with van der Waals surface area (Å²) in [5.41, 5.74) is 2.64. The van der Waals surface area contributed by atoms with Crippen molar-refractivity contribution < 1.29 is 9.21 Å². The van der Waals surface area contributed by atoms with Gasteiger partial charge in [-0.1, -0.05) is 6.07 Å². The molecular weight excluding hydrogens is 322 g/mol. The molecule has 0 radical (unpaired) electrons. The van der Waals surface area contributed by atoms with Crippen molar-refractivity contribution in [1.82, 2.24) is 15.1 Å². The molecule has 3 heterocycles. The van der Waals surface area contributed by atoms with Gasteiger partial charge >= 0.3 is 0 Å². The standard InChI is InChI=1S/C18H21N3O2S/c1-11-8-12(2)21(20-11)16(17-6-5-7-24-17)10-19-18(22)15-9-13(3)23-14(15)4/h5-9,16H,10H2,1-4H3,(H,19,22)/t16-/m1/s1. The second kappa shape index (κ2) is 6.65. The van der Waals surface area contributed by atoms with E-state index in [0.717, 1.165) is 17.1 Å². The second-order valence-corrected chi connectivity index (χ2v) is 6.92. The number of nitrogens with zero attached hydrogens (tertiary/aromatic N) is 2. The Balaban J connectivity index is 1.82. The number of furan rings is 1. The molecule has 126 valence electrons. The highest BCUT2D eigenvalue weighted by Gasteiger charge is 2.20. The molecule has 0 saturated heterocycles. The van der Waals surface area contributed by atoms with Crippen LogP contribution in [-0.4, -0.2) is 22.2 Å². The number of hydrogen-bond acceptors (Lipinski definition) is 4. The Morgan fingerprint density at radius 2 is 2.12 bits per heavy atom. The quantitative estimate of drug-likeness (QED) is 0.767. The zero-order valence-electron chi connectivity index (χ0n) is 14.3. The normalized spacial score (nSPS) is 12.3. The molecule has 24 heavy (non-hydrogen) atoms. The minimum absolute atomic E-state index is 0.0176. The third-order valence-corrected chi connectivity index (χ3v) is 4.93. The molecule has 3 aromatic heterocycles. The summed E-state index contributed by atoms with van der Waals surface area (Å²) in [6.45, 7) is 8.13. The maximum Gasteiger partial charge on any atom is 0.254 e. The number of nitrogens with one attached hydrogen (secondary N) is 1. The molecular formula is C18H21N3O2S. The first kappa shape index (κ1) is 16.5. The molecule has 6 heteroatoms. The van der Waals surface area contributed by atoms with Crippen molar-refractivity contribution in [2.24, 2.45) is 0 Å². The molecule has 0 spiro atoms. The van der Waals surface area contributed by atoms with Crippen LogP contribution in [0.4, 0.5) is 0 Å². The SMILES string of the molecule is Cc1cc(C)n([C@H](CNC(=O)c2cc(C)oc2C)c2cccs2)n1. The largest absolute Gasteiger partial charge is 0.466 e. The molecule has 0 aliphatic rings. The second-order valence-electron chi connectivity index (χ2n) is 5.94. The number of aryl methyl sites for hydroxylation is 4. The highest BCUT2D eigenvalue weighted by molar-refractivity contribution is 7.10. The Kier molecular flexibility index (Phi) is 4.57. The Morgan fingerprint density at radius 1 is 1.33 bits per heavy atom. The van der Waals surface area contributed by atoms with Gasteiger partial charge in [0.2, 0.25) is 0 Å². The maximum absolute atomic E-state index is 12.5. The first-order valence-electron chi connectivity index (χ1n) is 7.87. The van der Waals surface area contributed by atoms with E-state index in [1.165, 1.54) is 4.88 Å². The van der Waals surface area contributed by atoms with Gasteiger partial charge in [-0.3, -0.25) is 9.48 Å². The van der Waals surface area contributed by atoms with Gasteiger partial charge in [0, 0.05) is 17.1 Å². The lowest BCUT2D eigenvalue weighted by atomic mass is 10.2. The molecule has 0 fully saturated rings. The van der Waals surface area contributed by atoms with Crippen LogP contribution in [0.3, 0.4) is 0 Å². The van der Waals surface area contributed by atoms with Crippen LogP contribution in [-0.2, 0) is 0 Å². The number of rotatable bonds is 5. The number of aromatic nitrogens is 2. The van der Waals surface area contributed by atoms with Crippen molar-refractivity contribution in [3.05, 3.63) is 63.0 Å². The molecule has 1 amide bonds. The Bertz CT molecular complexity index is 846. The van der Waals surface area contributed by atoms with E-state index >= 15 is 0 Å². The first-order valence-corrected chi connectivity index (χ1v) is 8.75. The molecule has 3 aromatic rings. The Labute approximate surface area is 145 Å². The van der Waals surface area contributed by atoms with E-state index in [1.54, 1.807) is 24.3 Å². The van der Waals surface area contributed by atoms with Crippen molar-refractivity contribution in [2.45, 2.75) is 33.7 Å². The number of amides is 1. The summed E-state index contributed by atoms with van der Waals surface area (Å²) >= 11 is 1.67. The molecule has 0 bridgehead atoms. The average Bonchev–Trinajstić information content (AvgIpc) is 3.22. The van der Waals surface area contributed by atoms with Gasteiger partial charge in [-0.2, -0.15) is 5.10 Å². The van der Waals surface area contributed by atoms with Crippen molar-refractivity contribution in [3.8, 4) is 0 Å². The molecule has 0 aliphatic heterocycles. The van der Waals surface area contributed by atoms with Gasteiger partial charge in [0.15, 0.2) is 0 Å². The van der Waals surface area contributed by atoms with Crippen LogP contribution in [0.15, 0.2) is 34.1 Å². The lowest BCUT2D eigenvalue weighted by Gasteiger charge is -2.18. The van der Waals surface area contributed by atoms with E-state index in [4.69, 9.17) is 4.42 Å². The Morgan fingerprint density at radius 3 is 2.67 bits per heavy atom. The summed E-state index contributed by atoms with van der Waals surface area (Å²) in [6.07, 6.45) is 0. The molecule has 0 aliphatic carbocycles. The summed E-state index contributed by atoms with van der Waals surface area (Å²) in [6, 6.07) is 7.89. The lowest BCUT2D eigenvalue weighted by Crippen LogP contribution is -2.32. The molecule has 3 rings (SSSR count). The van der Waals surface area contributed by atoms with Crippen molar-refractivity contribution in [2.75, 3.05) is 6.54 Å². The van der Waals surface area contributed by atoms with Gasteiger partial charge in [0.1, 0.15) is 17.6 Å². The van der Waals surface area contributed by atoms with Crippen LogP contribution in [0.25, 0.3) is 0 Å². The van der Waals surface area contributed by atoms with Gasteiger partial charge in [0.05, 0.1) is 11.3 Å². The summed E-state index contributed by atoms with van der Waals surface area (Å²) in [7, 11) is 0. The zero-order chi connectivity index (χ0) is 17.3. The molecule has 0 aromatic carbocycles. The third kappa shape index (κ3) is 3.28. The minimum Gasteiger partial charge on any atom is -0.466 e. The van der Waals surface area contributed by atoms with E-state index in [0.29, 0.717) is 17.9 Å². The topological polar surface area (TPSA) is 60.1 Å². The average molecular weight is 343 g/mol. The fraction of sp³-hybridized carbons (Fsp3) is 0.333. The van der Waals surface area contributed by atoms with Crippen LogP contribution in [0, 0.1) is 27.7 Å². The fourth-order valence-electron chi connectivity index (χ4n) is 2.89. The van der Waals surface area contributed by atoms with Crippen molar-refractivity contribution >= 4 is 17.2 Å². The predicted molar refractivity (Wildman–Crippen MR) is 94.7 cm³/mol. The summed E-state index contributed by atoms with van der Waals surface area (Å²) in [5.74, 6) is 1.27. The van der Waals surface area contributed by atoms with E-state index in [-0.39, 0.29) is 11.9 Å². The number of carbonyl (C=O) groups is 1. The maximum atomic E-state index is 12.5. The minimum atomic E-state index is -0.118. The van der Waals surface area contributed by atoms with Crippen molar-refractivity contribution in [1.29, 1.82) is 0 Å². The van der Waals surface area contributed by atoms with Crippen LogP contribution in [0.1, 0.15) is 44.2 Å². The van der Waals surface area contributed by atoms with E-state index in [2.05, 4.69) is 16.5 Å². The van der Waals surface area contributed by atoms with Crippen LogP contribution >= 0.6 is 11.3 Å². The highest BCUT2D eigenvalue weighted by atomic mass is 32.1. The lowest BCUT2D eigenvalue weighted by molar-refractivity contribution is 0.0947. The first-order chi connectivity index (χ1) is 11.5. The molecule has 1 atom stereocenters. The van der Waals surface area contributed by atoms with E-state index < -0.39 is 0 Å². The van der Waals surface area contributed by atoms with Gasteiger partial charge in [-0.05, 0) is 51.3 Å². The fourth-order valence-corrected chi connectivity index (χ4v) is 3.70. The smallest absolute Gasteiger partial charge is 0.254 e. The summed E-state index contributed by atoms with van der Waals surface area (Å²) in [4.78, 5) is 13.6. The molecule has 5 nitrogen and oxygen atoms in total. The van der Waals surface area contributed by atoms with E-state index in [9.17, 15) is 4.79 Å². The highest BCUT2D eigenvalue weighted by Crippen LogP contribution is 2.24. The van der Waals surface area contributed by atoms with Crippen LogP contribution < -0.4 is 5.32 Å². The van der Waals surface area contributed by atoms with Gasteiger partial charge in [-0.15, -0.1) is 11.3 Å². The Hall–Kier alpha value is -2.34. The van der Waals surface area contributed by atoms with Crippen LogP contribution in [0.2, 0.25) is 0 Å². The molecule has 0 unspecified atom stereocenters. The van der Waals surface area contributed by atoms with Gasteiger partial charge in [0.25, 0.3) is 5.91 Å². The predicted octanol–water partition coefficient (Wildman–Crippen LogP) is 3.79. The monoisotopic (exact) mass is 343 g/mol.